The minimum absolute atomic E-state index is 0.192. The molecule has 0 heterocycles. The average molecular weight is 161 g/mol. The molecule has 0 aliphatic heterocycles. The van der Waals surface area contributed by atoms with E-state index in [1.165, 1.54) is 0 Å². The van der Waals surface area contributed by atoms with Crippen LogP contribution in [0.3, 0.4) is 0 Å². The maximum absolute atomic E-state index is 10.5. The van der Waals surface area contributed by atoms with E-state index in [1.54, 1.807) is 0 Å². The number of carbonyl (C=O) groups excluding carboxylic acids is 1. The molecule has 11 heavy (non-hydrogen) atoms. The van der Waals surface area contributed by atoms with E-state index < -0.39 is 6.03 Å². The second-order valence-electron chi connectivity index (χ2n) is 2.32. The van der Waals surface area contributed by atoms with Gasteiger partial charge in [0.1, 0.15) is 0 Å². The molecule has 5 heteroatoms. The lowest BCUT2D eigenvalue weighted by atomic mass is 10.5. The summed E-state index contributed by atoms with van der Waals surface area (Å²) in [6.45, 7) is 4.85. The maximum Gasteiger partial charge on any atom is 0.328 e. The highest BCUT2D eigenvalue weighted by Crippen LogP contribution is 1.84. The van der Waals surface area contributed by atoms with Crippen molar-refractivity contribution in [3.8, 4) is 0 Å². The number of rotatable bonds is 4. The molecule has 4 N–H and O–H groups in total. The Morgan fingerprint density at radius 1 is 1.64 bits per heavy atom. The molecule has 0 aromatic heterocycles. The highest BCUT2D eigenvalue weighted by molar-refractivity contribution is 5.72. The van der Waals surface area contributed by atoms with E-state index in [2.05, 4.69) is 5.32 Å². The molecule has 0 aromatic carbocycles. The molecule has 0 radical (unpaired) electrons. The molecule has 2 amide bonds. The van der Waals surface area contributed by atoms with E-state index in [4.69, 9.17) is 10.6 Å². The summed E-state index contributed by atoms with van der Waals surface area (Å²) in [5.41, 5.74) is 1.95. The molecule has 0 saturated heterocycles. The fourth-order valence-corrected chi connectivity index (χ4v) is 0.510. The number of hydrogen-bond donors (Lipinski definition) is 3. The number of nitrogens with one attached hydrogen (secondary N) is 2. The number of nitrogens with two attached hydrogens (primary N) is 1. The molecule has 0 saturated carbocycles. The van der Waals surface area contributed by atoms with Gasteiger partial charge in [0.25, 0.3) is 0 Å². The summed E-state index contributed by atoms with van der Waals surface area (Å²) in [5, 5.41) is 2.49. The van der Waals surface area contributed by atoms with Gasteiger partial charge in [-0.2, -0.15) is 0 Å². The van der Waals surface area contributed by atoms with Gasteiger partial charge in [0.15, 0.2) is 0 Å². The lowest BCUT2D eigenvalue weighted by Crippen LogP contribution is -2.41. The number of carbonyl (C=O) groups is 1. The van der Waals surface area contributed by atoms with Gasteiger partial charge in [0, 0.05) is 6.54 Å². The molecule has 0 aromatic rings. The summed E-state index contributed by atoms with van der Waals surface area (Å²) in [4.78, 5) is 10.5. The summed E-state index contributed by atoms with van der Waals surface area (Å²) >= 11 is 0. The zero-order chi connectivity index (χ0) is 8.69. The van der Waals surface area contributed by atoms with E-state index in [0.717, 1.165) is 0 Å². The van der Waals surface area contributed by atoms with Crippen LogP contribution in [0.25, 0.3) is 0 Å². The first-order valence-electron chi connectivity index (χ1n) is 3.53. The highest BCUT2D eigenvalue weighted by Gasteiger charge is 1.95. The Bertz CT molecular complexity index is 116. The van der Waals surface area contributed by atoms with Crippen LogP contribution in [-0.4, -0.2) is 25.3 Å². The van der Waals surface area contributed by atoms with Gasteiger partial charge in [-0.1, -0.05) is 0 Å². The predicted molar refractivity (Wildman–Crippen MR) is 41.8 cm³/mol. The van der Waals surface area contributed by atoms with Crippen molar-refractivity contribution in [2.45, 2.75) is 20.0 Å². The van der Waals surface area contributed by atoms with Gasteiger partial charge in [-0.05, 0) is 13.8 Å². The Kier molecular flexibility index (Phi) is 5.50. The van der Waals surface area contributed by atoms with E-state index in [1.807, 2.05) is 19.3 Å². The Morgan fingerprint density at radius 3 is 2.73 bits per heavy atom. The summed E-state index contributed by atoms with van der Waals surface area (Å²) < 4.78 is 5.15. The minimum atomic E-state index is -0.391. The van der Waals surface area contributed by atoms with E-state index in [9.17, 15) is 4.79 Å². The fraction of sp³-hybridized carbons (Fsp3) is 0.833. The van der Waals surface area contributed by atoms with Crippen molar-refractivity contribution in [1.82, 2.24) is 10.7 Å². The van der Waals surface area contributed by atoms with Crippen molar-refractivity contribution in [1.29, 1.82) is 0 Å². The van der Waals surface area contributed by atoms with Gasteiger partial charge in [0.05, 0.1) is 12.7 Å². The summed E-state index contributed by atoms with van der Waals surface area (Å²) in [6, 6.07) is -0.391. The Morgan fingerprint density at radius 2 is 2.27 bits per heavy atom. The standard InChI is InChI=1S/C6H15N3O2/c1-5(2)11-4-3-8-6(10)9-7/h5H,3-4,7H2,1-2H3,(H2,8,9,10). The Hall–Kier alpha value is -0.810. The van der Waals surface area contributed by atoms with Crippen molar-refractivity contribution in [3.05, 3.63) is 0 Å². The van der Waals surface area contributed by atoms with Crippen molar-refractivity contribution in [3.63, 3.8) is 0 Å². The number of amides is 2. The van der Waals surface area contributed by atoms with Crippen LogP contribution in [0.4, 0.5) is 4.79 Å². The molecular weight excluding hydrogens is 146 g/mol. The average Bonchev–Trinajstić information content (AvgIpc) is 1.97. The van der Waals surface area contributed by atoms with Gasteiger partial charge in [0.2, 0.25) is 0 Å². The molecule has 0 aliphatic rings. The second kappa shape index (κ2) is 5.94. The summed E-state index contributed by atoms with van der Waals surface area (Å²) in [7, 11) is 0. The number of hydrazine groups is 1. The molecule has 0 bridgehead atoms. The van der Waals surface area contributed by atoms with Gasteiger partial charge in [-0.15, -0.1) is 0 Å². The molecule has 0 unspecified atom stereocenters. The van der Waals surface area contributed by atoms with Crippen molar-refractivity contribution >= 4 is 6.03 Å². The zero-order valence-corrected chi connectivity index (χ0v) is 6.89. The molecule has 0 rings (SSSR count). The van der Waals surface area contributed by atoms with Gasteiger partial charge in [-0.25, -0.2) is 10.6 Å². The fourth-order valence-electron chi connectivity index (χ4n) is 0.510. The lowest BCUT2D eigenvalue weighted by Gasteiger charge is -2.07. The Labute approximate surface area is 66.2 Å². The lowest BCUT2D eigenvalue weighted by molar-refractivity contribution is 0.0818. The van der Waals surface area contributed by atoms with Crippen LogP contribution in [0.5, 0.6) is 0 Å². The van der Waals surface area contributed by atoms with Crippen LogP contribution >= 0.6 is 0 Å². The maximum atomic E-state index is 10.5. The zero-order valence-electron chi connectivity index (χ0n) is 6.89. The molecule has 66 valence electrons. The van der Waals surface area contributed by atoms with Crippen LogP contribution in [0.2, 0.25) is 0 Å². The van der Waals surface area contributed by atoms with Gasteiger partial charge in [-0.3, -0.25) is 5.43 Å². The Balaban J connectivity index is 3.08. The highest BCUT2D eigenvalue weighted by atomic mass is 16.5. The first-order valence-corrected chi connectivity index (χ1v) is 3.53. The molecule has 0 aliphatic carbocycles. The second-order valence-corrected chi connectivity index (χ2v) is 2.32. The third-order valence-electron chi connectivity index (χ3n) is 0.970. The molecular formula is C6H15N3O2. The minimum Gasteiger partial charge on any atom is -0.377 e. The topological polar surface area (TPSA) is 76.4 Å². The number of hydrogen-bond acceptors (Lipinski definition) is 3. The predicted octanol–water partition coefficient (Wildman–Crippen LogP) is -0.416. The van der Waals surface area contributed by atoms with Crippen LogP contribution in [0.1, 0.15) is 13.8 Å². The number of ether oxygens (including phenoxy) is 1. The van der Waals surface area contributed by atoms with E-state index >= 15 is 0 Å². The van der Waals surface area contributed by atoms with Gasteiger partial charge >= 0.3 is 6.03 Å². The summed E-state index contributed by atoms with van der Waals surface area (Å²) in [5.74, 6) is 4.81. The molecule has 0 fully saturated rings. The first kappa shape index (κ1) is 10.2. The first-order chi connectivity index (χ1) is 5.16. The SMILES string of the molecule is CC(C)OCCNC(=O)NN. The van der Waals surface area contributed by atoms with Crippen LogP contribution < -0.4 is 16.6 Å². The number of urea groups is 1. The molecule has 0 atom stereocenters. The van der Waals surface area contributed by atoms with Crippen LogP contribution in [0.15, 0.2) is 0 Å². The van der Waals surface area contributed by atoms with E-state index in [0.29, 0.717) is 13.2 Å². The largest absolute Gasteiger partial charge is 0.377 e. The van der Waals surface area contributed by atoms with Crippen LogP contribution in [0, 0.1) is 0 Å². The van der Waals surface area contributed by atoms with Crippen molar-refractivity contribution in [2.24, 2.45) is 5.84 Å². The van der Waals surface area contributed by atoms with E-state index in [-0.39, 0.29) is 6.10 Å². The van der Waals surface area contributed by atoms with Crippen LogP contribution in [-0.2, 0) is 4.74 Å². The molecule has 0 spiro atoms. The normalized spacial score (nSPS) is 9.82. The molecule has 5 nitrogen and oxygen atoms in total. The quantitative estimate of drug-likeness (QED) is 0.227. The third-order valence-corrected chi connectivity index (χ3v) is 0.970. The van der Waals surface area contributed by atoms with Gasteiger partial charge < -0.3 is 10.1 Å². The third kappa shape index (κ3) is 7.08. The van der Waals surface area contributed by atoms with Crippen molar-refractivity contribution in [2.75, 3.05) is 13.2 Å². The smallest absolute Gasteiger partial charge is 0.328 e. The summed E-state index contributed by atoms with van der Waals surface area (Å²) in [6.07, 6.45) is 0.192. The van der Waals surface area contributed by atoms with Crippen molar-refractivity contribution < 1.29 is 9.53 Å². The monoisotopic (exact) mass is 161 g/mol.